The van der Waals surface area contributed by atoms with Gasteiger partial charge in [-0.3, -0.25) is 9.59 Å². The van der Waals surface area contributed by atoms with Crippen LogP contribution in [0.4, 0.5) is 5.69 Å². The van der Waals surface area contributed by atoms with Crippen molar-refractivity contribution in [2.24, 2.45) is 5.41 Å². The summed E-state index contributed by atoms with van der Waals surface area (Å²) in [6.45, 7) is 4.01. The Hall–Kier alpha value is -1.84. The molecule has 0 unspecified atom stereocenters. The molecule has 2 amide bonds. The number of benzene rings is 1. The smallest absolute Gasteiger partial charge is 0.240 e. The molecule has 130 valence electrons. The molecule has 0 spiro atoms. The summed E-state index contributed by atoms with van der Waals surface area (Å²) >= 11 is 0. The van der Waals surface area contributed by atoms with Crippen molar-refractivity contribution in [1.29, 1.82) is 0 Å². The van der Waals surface area contributed by atoms with E-state index in [4.69, 9.17) is 0 Å². The van der Waals surface area contributed by atoms with Crippen molar-refractivity contribution in [3.05, 3.63) is 29.3 Å². The molecular formula is C20H28N2O2. The Morgan fingerprint density at radius 1 is 1.00 bits per heavy atom. The minimum absolute atomic E-state index is 0.0725. The van der Waals surface area contributed by atoms with Crippen LogP contribution < -0.4 is 10.6 Å². The van der Waals surface area contributed by atoms with Gasteiger partial charge < -0.3 is 10.6 Å². The summed E-state index contributed by atoms with van der Waals surface area (Å²) in [5.41, 5.74) is 2.16. The third kappa shape index (κ3) is 3.63. The molecule has 0 atom stereocenters. The van der Waals surface area contributed by atoms with E-state index >= 15 is 0 Å². The highest BCUT2D eigenvalue weighted by Gasteiger charge is 2.56. The zero-order chi connectivity index (χ0) is 17.2. The van der Waals surface area contributed by atoms with E-state index in [9.17, 15) is 9.59 Å². The molecule has 2 fully saturated rings. The van der Waals surface area contributed by atoms with E-state index in [1.165, 1.54) is 25.7 Å². The molecule has 3 rings (SSSR count). The Bertz CT molecular complexity index is 627. The van der Waals surface area contributed by atoms with Gasteiger partial charge in [0, 0.05) is 11.7 Å². The zero-order valence-corrected chi connectivity index (χ0v) is 14.8. The largest absolute Gasteiger partial charge is 0.352 e. The molecule has 0 aliphatic heterocycles. The first-order chi connectivity index (χ1) is 11.5. The highest BCUT2D eigenvalue weighted by molar-refractivity contribution is 6.13. The van der Waals surface area contributed by atoms with Gasteiger partial charge in [0.25, 0.3) is 0 Å². The standard InChI is InChI=1S/C20H28N2O2/c1-14-9-10-17(15(2)13-14)22-19(24)20(11-12-20)18(23)21-16-7-5-3-4-6-8-16/h9-10,13,16H,3-8,11-12H2,1-2H3,(H,21,23)(H,22,24). The van der Waals surface area contributed by atoms with Crippen LogP contribution in [-0.2, 0) is 9.59 Å². The van der Waals surface area contributed by atoms with Crippen LogP contribution in [0.1, 0.15) is 62.5 Å². The summed E-state index contributed by atoms with van der Waals surface area (Å²) in [5.74, 6) is -0.225. The van der Waals surface area contributed by atoms with Crippen LogP contribution in [0.25, 0.3) is 0 Å². The second-order valence-corrected chi connectivity index (χ2v) is 7.52. The average molecular weight is 328 g/mol. The van der Waals surface area contributed by atoms with Crippen molar-refractivity contribution in [1.82, 2.24) is 5.32 Å². The Balaban J connectivity index is 1.63. The first kappa shape index (κ1) is 17.0. The van der Waals surface area contributed by atoms with Crippen molar-refractivity contribution in [2.75, 3.05) is 5.32 Å². The summed E-state index contributed by atoms with van der Waals surface area (Å²) < 4.78 is 0. The van der Waals surface area contributed by atoms with Crippen molar-refractivity contribution in [3.63, 3.8) is 0 Å². The van der Waals surface area contributed by atoms with Crippen molar-refractivity contribution >= 4 is 17.5 Å². The minimum Gasteiger partial charge on any atom is -0.352 e. The predicted molar refractivity (Wildman–Crippen MR) is 95.8 cm³/mol. The van der Waals surface area contributed by atoms with Crippen LogP contribution in [0, 0.1) is 19.3 Å². The third-order valence-corrected chi connectivity index (χ3v) is 5.44. The lowest BCUT2D eigenvalue weighted by molar-refractivity contribution is -0.134. The van der Waals surface area contributed by atoms with Crippen LogP contribution in [0.3, 0.4) is 0 Å². The molecule has 24 heavy (non-hydrogen) atoms. The molecular weight excluding hydrogens is 300 g/mol. The van der Waals surface area contributed by atoms with Gasteiger partial charge in [-0.2, -0.15) is 0 Å². The number of anilines is 1. The molecule has 2 aliphatic carbocycles. The highest BCUT2D eigenvalue weighted by Crippen LogP contribution is 2.47. The van der Waals surface area contributed by atoms with Crippen LogP contribution in [-0.4, -0.2) is 17.9 Å². The average Bonchev–Trinajstić information content (AvgIpc) is 3.35. The van der Waals surface area contributed by atoms with E-state index in [1.807, 2.05) is 32.0 Å². The Morgan fingerprint density at radius 3 is 2.25 bits per heavy atom. The van der Waals surface area contributed by atoms with E-state index in [-0.39, 0.29) is 17.9 Å². The fraction of sp³-hybridized carbons (Fsp3) is 0.600. The van der Waals surface area contributed by atoms with Crippen LogP contribution in [0.5, 0.6) is 0 Å². The minimum atomic E-state index is -0.844. The predicted octanol–water partition coefficient (Wildman–Crippen LogP) is 3.86. The summed E-state index contributed by atoms with van der Waals surface area (Å²) in [4.78, 5) is 25.4. The molecule has 1 aromatic carbocycles. The maximum atomic E-state index is 12.7. The van der Waals surface area contributed by atoms with E-state index in [1.54, 1.807) is 0 Å². The van der Waals surface area contributed by atoms with Gasteiger partial charge in [-0.15, -0.1) is 0 Å². The number of amides is 2. The van der Waals surface area contributed by atoms with Gasteiger partial charge in [-0.25, -0.2) is 0 Å². The Labute approximate surface area is 144 Å². The maximum absolute atomic E-state index is 12.7. The maximum Gasteiger partial charge on any atom is 0.240 e. The van der Waals surface area contributed by atoms with Gasteiger partial charge in [0.2, 0.25) is 11.8 Å². The molecule has 2 aliphatic rings. The van der Waals surface area contributed by atoms with Crippen molar-refractivity contribution in [2.45, 2.75) is 71.3 Å². The molecule has 0 radical (unpaired) electrons. The van der Waals surface area contributed by atoms with Gasteiger partial charge in [0.1, 0.15) is 5.41 Å². The summed E-state index contributed by atoms with van der Waals surface area (Å²) in [6, 6.07) is 6.18. The van der Waals surface area contributed by atoms with Crippen molar-refractivity contribution < 1.29 is 9.59 Å². The van der Waals surface area contributed by atoms with Gasteiger partial charge in [0.15, 0.2) is 0 Å². The monoisotopic (exact) mass is 328 g/mol. The number of nitrogens with one attached hydrogen (secondary N) is 2. The molecule has 2 saturated carbocycles. The van der Waals surface area contributed by atoms with E-state index < -0.39 is 5.41 Å². The number of rotatable bonds is 4. The molecule has 0 heterocycles. The van der Waals surface area contributed by atoms with Gasteiger partial charge in [-0.05, 0) is 51.2 Å². The first-order valence-corrected chi connectivity index (χ1v) is 9.21. The number of carbonyl (C=O) groups is 2. The normalized spacial score (nSPS) is 20.1. The highest BCUT2D eigenvalue weighted by atomic mass is 16.2. The lowest BCUT2D eigenvalue weighted by atomic mass is 10.0. The SMILES string of the molecule is Cc1ccc(NC(=O)C2(C(=O)NC3CCCCCC3)CC2)c(C)c1. The molecule has 4 nitrogen and oxygen atoms in total. The molecule has 2 N–H and O–H groups in total. The third-order valence-electron chi connectivity index (χ3n) is 5.44. The number of aryl methyl sites for hydroxylation is 2. The Kier molecular flexibility index (Phi) is 4.93. The summed E-state index contributed by atoms with van der Waals surface area (Å²) in [5, 5.41) is 6.12. The zero-order valence-electron chi connectivity index (χ0n) is 14.8. The van der Waals surface area contributed by atoms with E-state index in [0.717, 1.165) is 29.7 Å². The molecule has 4 heteroatoms. The number of carbonyl (C=O) groups excluding carboxylic acids is 2. The molecule has 0 bridgehead atoms. The lowest BCUT2D eigenvalue weighted by Crippen LogP contribution is -2.44. The molecule has 1 aromatic rings. The van der Waals surface area contributed by atoms with Crippen molar-refractivity contribution in [3.8, 4) is 0 Å². The lowest BCUT2D eigenvalue weighted by Gasteiger charge is -2.21. The van der Waals surface area contributed by atoms with Crippen LogP contribution >= 0.6 is 0 Å². The number of hydrogen-bond donors (Lipinski definition) is 2. The first-order valence-electron chi connectivity index (χ1n) is 9.21. The molecule has 0 saturated heterocycles. The van der Waals surface area contributed by atoms with Gasteiger partial charge >= 0.3 is 0 Å². The van der Waals surface area contributed by atoms with Gasteiger partial charge in [0.05, 0.1) is 0 Å². The fourth-order valence-corrected chi connectivity index (χ4v) is 3.63. The van der Waals surface area contributed by atoms with E-state index in [0.29, 0.717) is 12.8 Å². The Morgan fingerprint density at radius 2 is 1.67 bits per heavy atom. The van der Waals surface area contributed by atoms with Crippen LogP contribution in [0.2, 0.25) is 0 Å². The quantitative estimate of drug-likeness (QED) is 0.651. The van der Waals surface area contributed by atoms with E-state index in [2.05, 4.69) is 10.6 Å². The fourth-order valence-electron chi connectivity index (χ4n) is 3.63. The second-order valence-electron chi connectivity index (χ2n) is 7.52. The summed E-state index contributed by atoms with van der Waals surface area (Å²) in [6.07, 6.45) is 8.25. The topological polar surface area (TPSA) is 58.2 Å². The van der Waals surface area contributed by atoms with Gasteiger partial charge in [-0.1, -0.05) is 43.4 Å². The number of hydrogen-bond acceptors (Lipinski definition) is 2. The second kappa shape index (κ2) is 6.96. The van der Waals surface area contributed by atoms with Crippen LogP contribution in [0.15, 0.2) is 18.2 Å². The molecule has 0 aromatic heterocycles. The summed E-state index contributed by atoms with van der Waals surface area (Å²) in [7, 11) is 0.